The predicted octanol–water partition coefficient (Wildman–Crippen LogP) is 1.26. The summed E-state index contributed by atoms with van der Waals surface area (Å²) < 4.78 is 12.0. The Bertz CT molecular complexity index is 288. The van der Waals surface area contributed by atoms with Crippen molar-refractivity contribution in [1.82, 2.24) is 4.98 Å². The summed E-state index contributed by atoms with van der Waals surface area (Å²) in [5.41, 5.74) is 0.208. The summed E-state index contributed by atoms with van der Waals surface area (Å²) in [6.07, 6.45) is 2.80. The standard InChI is InChI=1S/C8H9NO2/c1-2-11-8(10)7-4-3-5-9-6-7/h3-6H,2H2,1H3/i4D. The highest BCUT2D eigenvalue weighted by Gasteiger charge is 2.03. The summed E-state index contributed by atoms with van der Waals surface area (Å²) in [7, 11) is 0. The minimum atomic E-state index is -0.490. The Morgan fingerprint density at radius 2 is 2.73 bits per heavy atom. The minimum Gasteiger partial charge on any atom is -0.462 e. The highest BCUT2D eigenvalue weighted by Crippen LogP contribution is 1.97. The van der Waals surface area contributed by atoms with Crippen LogP contribution in [0.3, 0.4) is 0 Å². The first-order valence-corrected chi connectivity index (χ1v) is 3.33. The van der Waals surface area contributed by atoms with Crippen LogP contribution < -0.4 is 0 Å². The van der Waals surface area contributed by atoms with E-state index in [0.717, 1.165) is 0 Å². The fourth-order valence-corrected chi connectivity index (χ4v) is 0.645. The maximum Gasteiger partial charge on any atom is 0.339 e. The molecule has 11 heavy (non-hydrogen) atoms. The number of nitrogens with zero attached hydrogens (tertiary/aromatic N) is 1. The number of ether oxygens (including phenoxy) is 1. The van der Waals surface area contributed by atoms with Gasteiger partial charge in [-0.15, -0.1) is 0 Å². The monoisotopic (exact) mass is 152 g/mol. The molecule has 58 valence electrons. The molecule has 1 heterocycles. The van der Waals surface area contributed by atoms with E-state index in [1.54, 1.807) is 6.92 Å². The van der Waals surface area contributed by atoms with Gasteiger partial charge in [-0.1, -0.05) is 0 Å². The van der Waals surface area contributed by atoms with Gasteiger partial charge in [0.15, 0.2) is 0 Å². The van der Waals surface area contributed by atoms with Crippen molar-refractivity contribution in [3.8, 4) is 0 Å². The van der Waals surface area contributed by atoms with Crippen LogP contribution in [-0.4, -0.2) is 17.6 Å². The summed E-state index contributed by atoms with van der Waals surface area (Å²) in [6.45, 7) is 2.03. The van der Waals surface area contributed by atoms with Gasteiger partial charge < -0.3 is 4.74 Å². The smallest absolute Gasteiger partial charge is 0.339 e. The molecule has 0 aromatic carbocycles. The maximum absolute atomic E-state index is 11.1. The first-order valence-electron chi connectivity index (χ1n) is 3.83. The van der Waals surface area contributed by atoms with Crippen LogP contribution in [0.25, 0.3) is 0 Å². The third-order valence-electron chi connectivity index (χ3n) is 1.10. The predicted molar refractivity (Wildman–Crippen MR) is 40.2 cm³/mol. The number of hydrogen-bond donors (Lipinski definition) is 0. The van der Waals surface area contributed by atoms with E-state index in [0.29, 0.717) is 6.61 Å². The Morgan fingerprint density at radius 1 is 1.91 bits per heavy atom. The first-order chi connectivity index (χ1) is 5.75. The van der Waals surface area contributed by atoms with Gasteiger partial charge in [0.1, 0.15) is 0 Å². The summed E-state index contributed by atoms with van der Waals surface area (Å²) >= 11 is 0. The number of carbonyl (C=O) groups is 1. The third-order valence-corrected chi connectivity index (χ3v) is 1.10. The highest BCUT2D eigenvalue weighted by atomic mass is 16.5. The molecule has 3 nitrogen and oxygen atoms in total. The van der Waals surface area contributed by atoms with E-state index in [2.05, 4.69) is 4.98 Å². The lowest BCUT2D eigenvalue weighted by atomic mass is 10.3. The second kappa shape index (κ2) is 3.71. The van der Waals surface area contributed by atoms with Gasteiger partial charge in [-0.3, -0.25) is 4.98 Å². The molecule has 0 amide bonds. The molecule has 0 spiro atoms. The van der Waals surface area contributed by atoms with E-state index in [4.69, 9.17) is 6.11 Å². The van der Waals surface area contributed by atoms with Gasteiger partial charge in [0.2, 0.25) is 0 Å². The Balaban J connectivity index is 2.87. The van der Waals surface area contributed by atoms with E-state index in [1.807, 2.05) is 0 Å². The molecule has 1 aromatic rings. The molecular formula is C8H9NO2. The molecule has 0 aliphatic heterocycles. The quantitative estimate of drug-likeness (QED) is 0.599. The van der Waals surface area contributed by atoms with Crippen LogP contribution >= 0.6 is 0 Å². The zero-order valence-electron chi connectivity index (χ0n) is 7.20. The number of carbonyl (C=O) groups excluding carboxylic acids is 1. The second-order valence-corrected chi connectivity index (χ2v) is 1.87. The van der Waals surface area contributed by atoms with Gasteiger partial charge >= 0.3 is 5.97 Å². The fraction of sp³-hybridized carbons (Fsp3) is 0.250. The number of hydrogen-bond acceptors (Lipinski definition) is 3. The van der Waals surface area contributed by atoms with Gasteiger partial charge in [-0.25, -0.2) is 4.79 Å². The molecule has 0 aliphatic rings. The topological polar surface area (TPSA) is 39.2 Å². The first kappa shape index (κ1) is 6.34. The second-order valence-electron chi connectivity index (χ2n) is 1.87. The van der Waals surface area contributed by atoms with Gasteiger partial charge in [0.25, 0.3) is 0 Å². The third kappa shape index (κ3) is 2.04. The van der Waals surface area contributed by atoms with Crippen LogP contribution in [0.15, 0.2) is 24.5 Å². The van der Waals surface area contributed by atoms with E-state index in [1.165, 1.54) is 18.5 Å². The molecule has 0 saturated heterocycles. The Kier molecular flexibility index (Phi) is 2.14. The van der Waals surface area contributed by atoms with E-state index in [-0.39, 0.29) is 11.6 Å². The van der Waals surface area contributed by atoms with Crippen LogP contribution in [-0.2, 0) is 4.74 Å². The lowest BCUT2D eigenvalue weighted by Gasteiger charge is -1.98. The van der Waals surface area contributed by atoms with Crippen molar-refractivity contribution < 1.29 is 10.9 Å². The van der Waals surface area contributed by atoms with Gasteiger partial charge in [0, 0.05) is 12.4 Å². The van der Waals surface area contributed by atoms with Gasteiger partial charge in [-0.05, 0) is 19.0 Å². The Labute approximate surface area is 66.4 Å². The largest absolute Gasteiger partial charge is 0.462 e. The zero-order chi connectivity index (χ0) is 8.97. The molecule has 0 radical (unpaired) electrons. The molecule has 0 aliphatic carbocycles. The molecule has 0 atom stereocenters. The Hall–Kier alpha value is -1.38. The van der Waals surface area contributed by atoms with Crippen molar-refractivity contribution >= 4 is 5.97 Å². The molecule has 1 aromatic heterocycles. The van der Waals surface area contributed by atoms with Crippen molar-refractivity contribution in [3.63, 3.8) is 0 Å². The molecule has 0 fully saturated rings. The summed E-state index contributed by atoms with van der Waals surface area (Å²) in [5, 5.41) is 0. The highest BCUT2D eigenvalue weighted by molar-refractivity contribution is 5.88. The van der Waals surface area contributed by atoms with Gasteiger partial charge in [-0.2, -0.15) is 0 Å². The molecule has 0 saturated carbocycles. The summed E-state index contributed by atoms with van der Waals surface area (Å²) in [4.78, 5) is 14.8. The lowest BCUT2D eigenvalue weighted by molar-refractivity contribution is 0.0526. The average molecular weight is 152 g/mol. The van der Waals surface area contributed by atoms with Crippen molar-refractivity contribution in [2.24, 2.45) is 0 Å². The Morgan fingerprint density at radius 3 is 3.36 bits per heavy atom. The maximum atomic E-state index is 11.1. The van der Waals surface area contributed by atoms with Gasteiger partial charge in [0.05, 0.1) is 13.5 Å². The van der Waals surface area contributed by atoms with Crippen molar-refractivity contribution in [2.75, 3.05) is 6.61 Å². The number of rotatable bonds is 2. The van der Waals surface area contributed by atoms with Crippen LogP contribution in [0.1, 0.15) is 18.7 Å². The molecule has 0 unspecified atom stereocenters. The van der Waals surface area contributed by atoms with Crippen molar-refractivity contribution in [1.29, 1.82) is 0 Å². The molecule has 0 N–H and O–H groups in total. The van der Waals surface area contributed by atoms with Crippen molar-refractivity contribution in [3.05, 3.63) is 30.1 Å². The SMILES string of the molecule is [2H]c1ccncc1C(=O)OCC. The van der Waals surface area contributed by atoms with Crippen LogP contribution in [0.2, 0.25) is 0 Å². The van der Waals surface area contributed by atoms with E-state index < -0.39 is 5.97 Å². The molecular weight excluding hydrogens is 142 g/mol. The zero-order valence-corrected chi connectivity index (χ0v) is 6.20. The van der Waals surface area contributed by atoms with E-state index in [9.17, 15) is 4.79 Å². The number of pyridine rings is 1. The lowest BCUT2D eigenvalue weighted by Crippen LogP contribution is -2.04. The van der Waals surface area contributed by atoms with E-state index >= 15 is 0 Å². The minimum absolute atomic E-state index is 0.142. The molecule has 1 rings (SSSR count). The normalized spacial score (nSPS) is 10.5. The fourth-order valence-electron chi connectivity index (χ4n) is 0.645. The average Bonchev–Trinajstić information content (AvgIpc) is 2.05. The molecule has 0 bridgehead atoms. The number of aromatic nitrogens is 1. The summed E-state index contributed by atoms with van der Waals surface area (Å²) in [6, 6.07) is 1.59. The van der Waals surface area contributed by atoms with Crippen molar-refractivity contribution in [2.45, 2.75) is 6.92 Å². The van der Waals surface area contributed by atoms with Crippen LogP contribution in [0.4, 0.5) is 0 Å². The van der Waals surface area contributed by atoms with Crippen LogP contribution in [0, 0.1) is 0 Å². The number of esters is 1. The molecule has 3 heteroatoms. The summed E-state index contributed by atoms with van der Waals surface area (Å²) in [5.74, 6) is -0.490. The van der Waals surface area contributed by atoms with Crippen LogP contribution in [0.5, 0.6) is 0 Å².